The smallest absolute Gasteiger partial charge is 0.410 e. The zero-order chi connectivity index (χ0) is 20.8. The molecule has 2 fully saturated rings. The van der Waals surface area contributed by atoms with E-state index in [9.17, 15) is 4.79 Å². The van der Waals surface area contributed by atoms with Crippen LogP contribution in [-0.4, -0.2) is 47.4 Å². The summed E-state index contributed by atoms with van der Waals surface area (Å²) in [5, 5.41) is 0. The van der Waals surface area contributed by atoms with E-state index in [4.69, 9.17) is 14.0 Å². The van der Waals surface area contributed by atoms with Crippen LogP contribution in [0, 0.1) is 0 Å². The molecular weight excluding hydrogens is 353 g/mol. The quantitative estimate of drug-likeness (QED) is 0.708. The predicted octanol–water partition coefficient (Wildman–Crippen LogP) is 4.34. The summed E-state index contributed by atoms with van der Waals surface area (Å²) in [4.78, 5) is 14.3. The number of likely N-dealkylation sites (tertiary alicyclic amines) is 1. The van der Waals surface area contributed by atoms with Crippen molar-refractivity contribution < 1.29 is 18.8 Å². The second-order valence-corrected chi connectivity index (χ2v) is 10.2. The van der Waals surface area contributed by atoms with E-state index in [1.807, 2.05) is 43.9 Å². The largest absolute Gasteiger partial charge is 0.558 e. The minimum atomic E-state index is -1.64. The fraction of sp³-hybridized carbons (Fsp3) is 0.682. The molecule has 6 heteroatoms. The van der Waals surface area contributed by atoms with E-state index in [0.29, 0.717) is 13.1 Å². The molecule has 5 nitrogen and oxygen atoms in total. The van der Waals surface area contributed by atoms with E-state index >= 15 is 0 Å². The number of ether oxygens (including phenoxy) is 1. The third-order valence-electron chi connectivity index (χ3n) is 6.47. The Morgan fingerprint density at radius 2 is 1.54 bits per heavy atom. The molecule has 2 aliphatic rings. The molecule has 0 bridgehead atoms. The third-order valence-corrected chi connectivity index (χ3v) is 6.47. The Bertz CT molecular complexity index is 687. The van der Waals surface area contributed by atoms with Crippen LogP contribution in [-0.2, 0) is 14.0 Å². The summed E-state index contributed by atoms with van der Waals surface area (Å²) >= 11 is 0. The van der Waals surface area contributed by atoms with Gasteiger partial charge >= 0.3 is 6.09 Å². The van der Waals surface area contributed by atoms with Gasteiger partial charge in [0, 0.05) is 24.3 Å². The molecule has 0 atom stereocenters. The maximum absolute atomic E-state index is 12.4. The second-order valence-electron chi connectivity index (χ2n) is 10.2. The predicted molar refractivity (Wildman–Crippen MR) is 113 cm³/mol. The van der Waals surface area contributed by atoms with Crippen molar-refractivity contribution in [3.8, 4) is 0 Å². The van der Waals surface area contributed by atoms with Gasteiger partial charge < -0.3 is 18.9 Å². The van der Waals surface area contributed by atoms with Crippen LogP contribution in [0.5, 0.6) is 0 Å². The van der Waals surface area contributed by atoms with Crippen molar-refractivity contribution >= 4 is 18.1 Å². The molecule has 1 amide bonds. The van der Waals surface area contributed by atoms with Crippen LogP contribution >= 0.6 is 0 Å². The number of piperidine rings is 1. The Kier molecular flexibility index (Phi) is 5.35. The molecule has 156 valence electrons. The van der Waals surface area contributed by atoms with Crippen molar-refractivity contribution in [1.82, 2.24) is 4.90 Å². The number of amides is 1. The van der Waals surface area contributed by atoms with Gasteiger partial charge in [-0.25, -0.2) is 4.79 Å². The number of nitrogens with zero attached hydrogens (tertiary/aromatic N) is 1. The van der Waals surface area contributed by atoms with Gasteiger partial charge in [-0.3, -0.25) is 0 Å². The van der Waals surface area contributed by atoms with E-state index in [0.717, 1.165) is 18.3 Å². The molecule has 1 aromatic carbocycles. The Morgan fingerprint density at radius 1 is 1.04 bits per heavy atom. The van der Waals surface area contributed by atoms with E-state index in [1.165, 1.54) is 0 Å². The van der Waals surface area contributed by atoms with Crippen molar-refractivity contribution in [3.05, 3.63) is 30.3 Å². The number of hydrogen-bond acceptors (Lipinski definition) is 4. The van der Waals surface area contributed by atoms with Gasteiger partial charge in [0.25, 0.3) is 6.55 Å². The van der Waals surface area contributed by atoms with E-state index in [-0.39, 0.29) is 11.9 Å². The van der Waals surface area contributed by atoms with Crippen molar-refractivity contribution in [3.63, 3.8) is 0 Å². The van der Waals surface area contributed by atoms with Crippen LogP contribution in [0.2, 0.25) is 5.82 Å². The fourth-order valence-corrected chi connectivity index (χ4v) is 4.35. The molecule has 0 saturated carbocycles. The Morgan fingerprint density at radius 3 is 2.00 bits per heavy atom. The number of benzene rings is 1. The minimum absolute atomic E-state index is 0.224. The first-order chi connectivity index (χ1) is 12.9. The summed E-state index contributed by atoms with van der Waals surface area (Å²) in [7, 11) is 0. The van der Waals surface area contributed by atoms with E-state index in [1.54, 1.807) is 0 Å². The highest BCUT2D eigenvalue weighted by molar-refractivity contribution is 6.83. The van der Waals surface area contributed by atoms with Crippen LogP contribution in [0.1, 0.15) is 61.3 Å². The lowest BCUT2D eigenvalue weighted by Crippen LogP contribution is -2.58. The van der Waals surface area contributed by atoms with Crippen LogP contribution in [0.4, 0.5) is 4.79 Å². The summed E-state index contributed by atoms with van der Waals surface area (Å²) in [5.41, 5.74) is -0.164. The van der Waals surface area contributed by atoms with Crippen LogP contribution in [0.25, 0.3) is 0 Å². The van der Waals surface area contributed by atoms with Crippen molar-refractivity contribution in [2.24, 2.45) is 0 Å². The number of carbonyl (C=O) groups is 1. The minimum Gasteiger partial charge on any atom is -0.558 e. The molecule has 0 unspecified atom stereocenters. The van der Waals surface area contributed by atoms with E-state index < -0.39 is 23.4 Å². The van der Waals surface area contributed by atoms with Gasteiger partial charge in [0.1, 0.15) is 5.60 Å². The molecule has 1 aromatic rings. The van der Waals surface area contributed by atoms with Crippen molar-refractivity contribution in [1.29, 1.82) is 0 Å². The van der Waals surface area contributed by atoms with Crippen LogP contribution in [0.3, 0.4) is 0 Å². The van der Waals surface area contributed by atoms with Gasteiger partial charge in [0.05, 0.1) is 0 Å². The van der Waals surface area contributed by atoms with Gasteiger partial charge in [-0.15, -0.1) is 5.82 Å². The summed E-state index contributed by atoms with van der Waals surface area (Å²) in [5.74, 6) is 0.224. The third kappa shape index (κ3) is 3.94. The van der Waals surface area contributed by atoms with Gasteiger partial charge in [0.2, 0.25) is 0 Å². The Labute approximate surface area is 169 Å². The Balaban J connectivity index is 1.82. The standard InChI is InChI=1S/C22H35BNO4/c1-20(2,3)26-19(25)24-15-13-18(14-16-24)23(17-11-9-8-10-12-17)27-21(4,5)22(6,7)28-23/h8-12,18H,13-16H2,1-7H3/q-1. The maximum Gasteiger partial charge on any atom is 0.410 e. The first-order valence-corrected chi connectivity index (χ1v) is 10.4. The highest BCUT2D eigenvalue weighted by atomic mass is 16.7. The zero-order valence-corrected chi connectivity index (χ0v) is 18.5. The molecule has 2 aliphatic heterocycles. The number of hydrogen-bond donors (Lipinski definition) is 0. The highest BCUT2D eigenvalue weighted by Crippen LogP contribution is 2.48. The normalized spacial score (nSPS) is 24.2. The Hall–Kier alpha value is -1.53. The van der Waals surface area contributed by atoms with Crippen molar-refractivity contribution in [2.45, 2.75) is 83.9 Å². The SMILES string of the molecule is CC(C)(C)OC(=O)N1CCC([B-]2(c3ccccc3)OC(C)(C)C(C)(C)O2)CC1. The van der Waals surface area contributed by atoms with E-state index in [2.05, 4.69) is 39.8 Å². The average molecular weight is 388 g/mol. The molecule has 2 saturated heterocycles. The van der Waals surface area contributed by atoms with Gasteiger partial charge in [-0.1, -0.05) is 43.2 Å². The second kappa shape index (κ2) is 7.07. The molecular formula is C22H35BNO4-. The molecule has 0 spiro atoms. The zero-order valence-electron chi connectivity index (χ0n) is 18.5. The molecule has 0 N–H and O–H groups in total. The lowest BCUT2D eigenvalue weighted by molar-refractivity contribution is 0.00578. The summed E-state index contributed by atoms with van der Waals surface area (Å²) in [6.45, 7) is 13.8. The summed E-state index contributed by atoms with van der Waals surface area (Å²) < 4.78 is 19.1. The number of rotatable bonds is 2. The molecule has 0 aromatic heterocycles. The van der Waals surface area contributed by atoms with Gasteiger partial charge in [-0.2, -0.15) is 5.46 Å². The lowest BCUT2D eigenvalue weighted by Gasteiger charge is -2.48. The first-order valence-electron chi connectivity index (χ1n) is 10.4. The highest BCUT2D eigenvalue weighted by Gasteiger charge is 2.55. The average Bonchev–Trinajstić information content (AvgIpc) is 2.80. The van der Waals surface area contributed by atoms with Crippen LogP contribution < -0.4 is 5.46 Å². The lowest BCUT2D eigenvalue weighted by atomic mass is 9.40. The molecule has 3 rings (SSSR count). The van der Waals surface area contributed by atoms with Gasteiger partial charge in [0.15, 0.2) is 0 Å². The summed E-state index contributed by atoms with van der Waals surface area (Å²) in [6.07, 6.45) is 1.43. The molecule has 0 aliphatic carbocycles. The monoisotopic (exact) mass is 388 g/mol. The molecule has 2 heterocycles. The number of carbonyl (C=O) groups excluding carboxylic acids is 1. The molecule has 0 radical (unpaired) electrons. The summed E-state index contributed by atoms with van der Waals surface area (Å²) in [6, 6.07) is 10.3. The first kappa shape index (κ1) is 21.2. The van der Waals surface area contributed by atoms with Crippen molar-refractivity contribution in [2.75, 3.05) is 13.1 Å². The molecule has 28 heavy (non-hydrogen) atoms. The van der Waals surface area contributed by atoms with Gasteiger partial charge in [-0.05, 0) is 48.5 Å². The maximum atomic E-state index is 12.4. The topological polar surface area (TPSA) is 48.0 Å². The fourth-order valence-electron chi connectivity index (χ4n) is 4.35. The van der Waals surface area contributed by atoms with Crippen LogP contribution in [0.15, 0.2) is 30.3 Å².